The monoisotopic (exact) mass is 256 g/mol. The normalized spacial score (nSPS) is 20.2. The van der Waals surface area contributed by atoms with Crippen molar-refractivity contribution in [2.45, 2.75) is 18.3 Å². The summed E-state index contributed by atoms with van der Waals surface area (Å²) in [5.41, 5.74) is 0.624. The van der Waals surface area contributed by atoms with E-state index in [1.807, 2.05) is 0 Å². The second-order valence-corrected chi connectivity index (χ2v) is 5.33. The Balaban J connectivity index is 2.02. The summed E-state index contributed by atoms with van der Waals surface area (Å²) in [6, 6.07) is 8.66. The average Bonchev–Trinajstić information content (AvgIpc) is 2.64. The fraction of sp³-hybridized carbons (Fsp3) is 0.364. The highest BCUT2D eigenvalue weighted by molar-refractivity contribution is 7.85. The number of hydrogen-bond donors (Lipinski definition) is 0. The van der Waals surface area contributed by atoms with Gasteiger partial charge in [-0.05, 0) is 5.56 Å². The molecule has 0 N–H and O–H groups in total. The van der Waals surface area contributed by atoms with Gasteiger partial charge >= 0.3 is 5.97 Å². The summed E-state index contributed by atoms with van der Waals surface area (Å²) >= 11 is 0. The summed E-state index contributed by atoms with van der Waals surface area (Å²) in [6.07, 6.45) is -0.698. The fourth-order valence-corrected chi connectivity index (χ4v) is 2.75. The van der Waals surface area contributed by atoms with Gasteiger partial charge in [0.1, 0.15) is 5.75 Å². The van der Waals surface area contributed by atoms with Crippen LogP contribution < -0.4 is 0 Å². The lowest BCUT2D eigenvalue weighted by Crippen LogP contribution is -2.23. The van der Waals surface area contributed by atoms with Gasteiger partial charge in [0, 0.05) is 6.42 Å². The average molecular weight is 256 g/mol. The van der Waals surface area contributed by atoms with Crippen LogP contribution in [0.2, 0.25) is 0 Å². The second kappa shape index (κ2) is 4.85. The predicted molar refractivity (Wildman–Crippen MR) is 59.5 cm³/mol. The molecule has 1 aliphatic heterocycles. The van der Waals surface area contributed by atoms with E-state index < -0.39 is 22.2 Å². The number of hydrogen-bond acceptors (Lipinski definition) is 5. The van der Waals surface area contributed by atoms with Crippen LogP contribution in [0, 0.1) is 0 Å². The number of esters is 1. The van der Waals surface area contributed by atoms with Crippen LogP contribution in [0.4, 0.5) is 0 Å². The van der Waals surface area contributed by atoms with Crippen LogP contribution >= 0.6 is 0 Å². The van der Waals surface area contributed by atoms with Crippen molar-refractivity contribution in [2.75, 3.05) is 6.61 Å². The molecule has 0 bridgehead atoms. The molecule has 0 aliphatic carbocycles. The number of benzene rings is 1. The quantitative estimate of drug-likeness (QED) is 0.590. The van der Waals surface area contributed by atoms with Crippen molar-refractivity contribution in [1.29, 1.82) is 0 Å². The summed E-state index contributed by atoms with van der Waals surface area (Å²) in [5.74, 6) is -0.848. The van der Waals surface area contributed by atoms with Crippen molar-refractivity contribution in [3.8, 4) is 0 Å². The van der Waals surface area contributed by atoms with E-state index in [2.05, 4.69) is 4.74 Å². The second-order valence-electron chi connectivity index (χ2n) is 3.73. The van der Waals surface area contributed by atoms with Crippen molar-refractivity contribution < 1.29 is 22.1 Å². The van der Waals surface area contributed by atoms with Crippen molar-refractivity contribution in [3.63, 3.8) is 0 Å². The molecule has 0 aromatic heterocycles. The van der Waals surface area contributed by atoms with E-state index >= 15 is 0 Å². The van der Waals surface area contributed by atoms with Gasteiger partial charge in [-0.2, -0.15) is 8.42 Å². The van der Waals surface area contributed by atoms with Crippen LogP contribution in [-0.2, 0) is 29.6 Å². The van der Waals surface area contributed by atoms with Gasteiger partial charge in [0.25, 0.3) is 10.1 Å². The Hall–Kier alpha value is -1.40. The van der Waals surface area contributed by atoms with Gasteiger partial charge < -0.3 is 4.74 Å². The standard InChI is InChI=1S/C11H12O5S/c12-11-10(6-7-15-11)16-17(13,14)8-9-4-2-1-3-5-9/h1-5,10H,6-8H2. The smallest absolute Gasteiger partial charge is 0.336 e. The van der Waals surface area contributed by atoms with Crippen LogP contribution in [0.3, 0.4) is 0 Å². The van der Waals surface area contributed by atoms with E-state index in [4.69, 9.17) is 4.18 Å². The van der Waals surface area contributed by atoms with Crippen molar-refractivity contribution >= 4 is 16.1 Å². The topological polar surface area (TPSA) is 69.7 Å². The fourth-order valence-electron chi connectivity index (χ4n) is 1.55. The minimum absolute atomic E-state index is 0.213. The number of carbonyl (C=O) groups excluding carboxylic acids is 1. The molecule has 1 heterocycles. The van der Waals surface area contributed by atoms with E-state index in [9.17, 15) is 13.2 Å². The number of cyclic esters (lactones) is 1. The number of rotatable bonds is 4. The van der Waals surface area contributed by atoms with E-state index in [0.29, 0.717) is 5.56 Å². The SMILES string of the molecule is O=C1OCCC1OS(=O)(=O)Cc1ccccc1. The molecular weight excluding hydrogens is 244 g/mol. The van der Waals surface area contributed by atoms with Crippen molar-refractivity contribution in [1.82, 2.24) is 0 Å². The lowest BCUT2D eigenvalue weighted by Gasteiger charge is -2.08. The maximum atomic E-state index is 11.7. The maximum absolute atomic E-state index is 11.7. The third kappa shape index (κ3) is 3.28. The zero-order valence-electron chi connectivity index (χ0n) is 9.03. The van der Waals surface area contributed by atoms with Gasteiger partial charge in [0.15, 0.2) is 6.10 Å². The molecule has 1 fully saturated rings. The Morgan fingerprint density at radius 3 is 2.59 bits per heavy atom. The minimum atomic E-state index is -3.75. The van der Waals surface area contributed by atoms with Crippen LogP contribution in [0.15, 0.2) is 30.3 Å². The molecule has 1 aliphatic rings. The first-order valence-electron chi connectivity index (χ1n) is 5.18. The van der Waals surface area contributed by atoms with Gasteiger partial charge in [-0.15, -0.1) is 0 Å². The highest BCUT2D eigenvalue weighted by Gasteiger charge is 2.32. The molecule has 1 atom stereocenters. The van der Waals surface area contributed by atoms with Crippen molar-refractivity contribution in [3.05, 3.63) is 35.9 Å². The molecule has 1 aromatic rings. The lowest BCUT2D eigenvalue weighted by molar-refractivity contribution is -0.143. The zero-order chi connectivity index (χ0) is 12.3. The summed E-state index contributed by atoms with van der Waals surface area (Å²) in [5, 5.41) is 0. The minimum Gasteiger partial charge on any atom is -0.464 e. The van der Waals surface area contributed by atoms with Crippen LogP contribution in [0.1, 0.15) is 12.0 Å². The first-order chi connectivity index (χ1) is 8.07. The lowest BCUT2D eigenvalue weighted by atomic mass is 10.2. The van der Waals surface area contributed by atoms with Crippen molar-refractivity contribution in [2.24, 2.45) is 0 Å². The van der Waals surface area contributed by atoms with Crippen LogP contribution in [0.25, 0.3) is 0 Å². The van der Waals surface area contributed by atoms with E-state index in [1.165, 1.54) is 0 Å². The van der Waals surface area contributed by atoms with Gasteiger partial charge in [-0.25, -0.2) is 4.79 Å². The zero-order valence-corrected chi connectivity index (χ0v) is 9.85. The maximum Gasteiger partial charge on any atom is 0.336 e. The highest BCUT2D eigenvalue weighted by atomic mass is 32.2. The predicted octanol–water partition coefficient (Wildman–Crippen LogP) is 0.849. The van der Waals surface area contributed by atoms with Crippen LogP contribution in [0.5, 0.6) is 0 Å². The first-order valence-corrected chi connectivity index (χ1v) is 6.76. The number of ether oxygens (including phenoxy) is 1. The number of carbonyl (C=O) groups is 1. The molecule has 1 aromatic carbocycles. The Labute approximate surface area is 99.5 Å². The molecule has 6 heteroatoms. The van der Waals surface area contributed by atoms with Crippen LogP contribution in [-0.4, -0.2) is 27.1 Å². The van der Waals surface area contributed by atoms with E-state index in [-0.39, 0.29) is 18.8 Å². The summed E-state index contributed by atoms with van der Waals surface area (Å²) in [7, 11) is -3.75. The third-order valence-corrected chi connectivity index (χ3v) is 3.55. The van der Waals surface area contributed by atoms with Gasteiger partial charge in [-0.1, -0.05) is 30.3 Å². The summed E-state index contributed by atoms with van der Waals surface area (Å²) in [4.78, 5) is 11.1. The molecule has 2 rings (SSSR count). The molecule has 17 heavy (non-hydrogen) atoms. The Kier molecular flexibility index (Phi) is 3.44. The summed E-state index contributed by atoms with van der Waals surface area (Å²) in [6.45, 7) is 0.213. The molecule has 1 saturated heterocycles. The molecule has 0 saturated carbocycles. The van der Waals surface area contributed by atoms with Gasteiger partial charge in [0.05, 0.1) is 6.61 Å². The molecule has 0 radical (unpaired) electrons. The molecule has 0 spiro atoms. The third-order valence-electron chi connectivity index (χ3n) is 2.34. The van der Waals surface area contributed by atoms with E-state index in [0.717, 1.165) is 0 Å². The molecule has 5 nitrogen and oxygen atoms in total. The first kappa shape index (κ1) is 12.1. The summed E-state index contributed by atoms with van der Waals surface area (Å²) < 4.78 is 32.8. The Morgan fingerprint density at radius 1 is 1.29 bits per heavy atom. The highest BCUT2D eigenvalue weighted by Crippen LogP contribution is 2.16. The molecule has 1 unspecified atom stereocenters. The molecule has 0 amide bonds. The largest absolute Gasteiger partial charge is 0.464 e. The Bertz CT molecular complexity index is 494. The van der Waals surface area contributed by atoms with Gasteiger partial charge in [0.2, 0.25) is 0 Å². The molecular formula is C11H12O5S. The van der Waals surface area contributed by atoms with E-state index in [1.54, 1.807) is 30.3 Å². The Morgan fingerprint density at radius 2 is 2.00 bits per heavy atom. The molecule has 92 valence electrons. The van der Waals surface area contributed by atoms with Gasteiger partial charge in [-0.3, -0.25) is 4.18 Å².